The summed E-state index contributed by atoms with van der Waals surface area (Å²) in [5.74, 6) is -2.03. The molecule has 0 spiro atoms. The Morgan fingerprint density at radius 3 is 2.42 bits per heavy atom. The topological polar surface area (TPSA) is 76.0 Å². The molecule has 1 aromatic rings. The number of amides is 1. The van der Waals surface area contributed by atoms with Gasteiger partial charge in [-0.05, 0) is 24.0 Å². The maximum atomic E-state index is 12.7. The molecule has 0 bridgehead atoms. The molecule has 1 aliphatic heterocycles. The van der Waals surface area contributed by atoms with Gasteiger partial charge in [-0.1, -0.05) is 39.8 Å². The first-order valence-corrected chi connectivity index (χ1v) is 8.15. The number of rotatable bonds is 5. The number of para-hydroxylation sites is 1. The molecule has 1 aliphatic rings. The van der Waals surface area contributed by atoms with Gasteiger partial charge in [0.1, 0.15) is 0 Å². The van der Waals surface area contributed by atoms with E-state index in [1.165, 1.54) is 6.08 Å². The van der Waals surface area contributed by atoms with Gasteiger partial charge in [0, 0.05) is 22.4 Å². The van der Waals surface area contributed by atoms with Crippen LogP contribution in [0.4, 0.5) is 10.5 Å². The van der Waals surface area contributed by atoms with Crippen LogP contribution in [-0.2, 0) is 9.47 Å². The molecular formula is C18H26NO5+. The lowest BCUT2D eigenvalue weighted by molar-refractivity contribution is -0.324. The summed E-state index contributed by atoms with van der Waals surface area (Å²) in [6.07, 6.45) is 1.93. The summed E-state index contributed by atoms with van der Waals surface area (Å²) < 4.78 is 9.25. The van der Waals surface area contributed by atoms with Crippen LogP contribution in [0.5, 0.6) is 0 Å². The maximum Gasteiger partial charge on any atom is 0.560 e. The van der Waals surface area contributed by atoms with Crippen molar-refractivity contribution < 1.29 is 24.6 Å². The molecule has 0 saturated heterocycles. The minimum absolute atomic E-state index is 0.0980. The number of quaternary nitrogens is 1. The van der Waals surface area contributed by atoms with E-state index in [1.54, 1.807) is 30.3 Å². The molecular weight excluding hydrogens is 310 g/mol. The predicted molar refractivity (Wildman–Crippen MR) is 91.0 cm³/mol. The smallest absolute Gasteiger partial charge is 0.417 e. The standard InChI is InChI=1S/C18H26NO5/c1-13(2)11-23-17(20)19(22)16-8-6-5-7-15(16)9-10-18(19,21)24-12-14(3)4/h5-10,13-14,21-22H,11-12H2,1-4H3/q+1. The molecule has 1 amide bonds. The van der Waals surface area contributed by atoms with Crippen molar-refractivity contribution in [3.63, 3.8) is 0 Å². The van der Waals surface area contributed by atoms with E-state index in [0.29, 0.717) is 5.56 Å². The van der Waals surface area contributed by atoms with E-state index in [9.17, 15) is 15.1 Å². The largest absolute Gasteiger partial charge is 0.560 e. The second-order valence-electron chi connectivity index (χ2n) is 6.86. The molecule has 6 nitrogen and oxygen atoms in total. The van der Waals surface area contributed by atoms with Gasteiger partial charge >= 0.3 is 12.0 Å². The monoisotopic (exact) mass is 336 g/mol. The highest BCUT2D eigenvalue weighted by Gasteiger charge is 2.62. The van der Waals surface area contributed by atoms with Crippen LogP contribution in [0.15, 0.2) is 30.3 Å². The van der Waals surface area contributed by atoms with Crippen LogP contribution in [0.2, 0.25) is 0 Å². The molecule has 0 fully saturated rings. The lowest BCUT2D eigenvalue weighted by Gasteiger charge is -2.39. The van der Waals surface area contributed by atoms with Crippen molar-refractivity contribution in [1.29, 1.82) is 0 Å². The quantitative estimate of drug-likeness (QED) is 0.489. The van der Waals surface area contributed by atoms with Gasteiger partial charge in [0.25, 0.3) is 0 Å². The fourth-order valence-corrected chi connectivity index (χ4v) is 2.39. The Bertz CT molecular complexity index is 628. The fourth-order valence-electron chi connectivity index (χ4n) is 2.39. The molecule has 24 heavy (non-hydrogen) atoms. The third-order valence-electron chi connectivity index (χ3n) is 3.66. The van der Waals surface area contributed by atoms with Crippen molar-refractivity contribution in [2.24, 2.45) is 11.8 Å². The van der Waals surface area contributed by atoms with Gasteiger partial charge in [-0.15, -0.1) is 0 Å². The molecule has 0 aliphatic carbocycles. The molecule has 0 radical (unpaired) electrons. The summed E-state index contributed by atoms with van der Waals surface area (Å²) in [5, 5.41) is 22.1. The van der Waals surface area contributed by atoms with Gasteiger partial charge in [-0.25, -0.2) is 0 Å². The molecule has 0 aromatic heterocycles. The van der Waals surface area contributed by atoms with Gasteiger partial charge in [-0.3, -0.25) is 4.74 Å². The maximum absolute atomic E-state index is 12.7. The Morgan fingerprint density at radius 1 is 1.17 bits per heavy atom. The normalized spacial score (nSPS) is 25.8. The number of ether oxygens (including phenoxy) is 2. The molecule has 132 valence electrons. The van der Waals surface area contributed by atoms with Crippen molar-refractivity contribution in [1.82, 2.24) is 4.65 Å². The Balaban J connectivity index is 2.45. The van der Waals surface area contributed by atoms with Gasteiger partial charge in [0.05, 0.1) is 13.2 Å². The summed E-state index contributed by atoms with van der Waals surface area (Å²) in [6, 6.07) is 6.78. The number of carbonyl (C=O) groups excluding carboxylic acids is 1. The average molecular weight is 336 g/mol. The van der Waals surface area contributed by atoms with Gasteiger partial charge in [-0.2, -0.15) is 10.0 Å². The van der Waals surface area contributed by atoms with Gasteiger partial charge in [0.2, 0.25) is 0 Å². The minimum Gasteiger partial charge on any atom is -0.417 e. The lowest BCUT2D eigenvalue weighted by atomic mass is 10.1. The number of hydrogen-bond donors (Lipinski definition) is 2. The molecule has 2 unspecified atom stereocenters. The molecule has 2 rings (SSSR count). The van der Waals surface area contributed by atoms with E-state index in [2.05, 4.69) is 0 Å². The Kier molecular flexibility index (Phi) is 5.45. The summed E-state index contributed by atoms with van der Waals surface area (Å²) in [6.45, 7) is 7.90. The Labute approximate surface area is 142 Å². The number of benzene rings is 1. The van der Waals surface area contributed by atoms with Crippen molar-refractivity contribution >= 4 is 17.9 Å². The zero-order chi connectivity index (χ0) is 18.0. The van der Waals surface area contributed by atoms with Crippen LogP contribution in [0.25, 0.3) is 6.08 Å². The first-order chi connectivity index (χ1) is 11.2. The fraction of sp³-hybridized carbons (Fsp3) is 0.500. The second-order valence-corrected chi connectivity index (χ2v) is 6.86. The number of aliphatic hydroxyl groups is 1. The van der Waals surface area contributed by atoms with Crippen LogP contribution in [0.1, 0.15) is 33.3 Å². The van der Waals surface area contributed by atoms with E-state index < -0.39 is 16.7 Å². The third kappa shape index (κ3) is 3.37. The zero-order valence-electron chi connectivity index (χ0n) is 14.6. The summed E-state index contributed by atoms with van der Waals surface area (Å²) in [7, 11) is 0. The van der Waals surface area contributed by atoms with E-state index in [0.717, 1.165) is 0 Å². The highest BCUT2D eigenvalue weighted by atomic mass is 16.8. The van der Waals surface area contributed by atoms with E-state index in [1.807, 2.05) is 27.7 Å². The first kappa shape index (κ1) is 18.6. The SMILES string of the molecule is CC(C)COC(=O)[N+]1(O)c2ccccc2C=CC1(O)OCC(C)C. The Hall–Kier alpha value is -1.73. The molecule has 6 heteroatoms. The highest BCUT2D eigenvalue weighted by Crippen LogP contribution is 2.40. The van der Waals surface area contributed by atoms with Crippen LogP contribution in [0, 0.1) is 11.8 Å². The number of nitrogens with zero attached hydrogens (tertiary/aromatic N) is 1. The summed E-state index contributed by atoms with van der Waals surface area (Å²) in [4.78, 5) is 12.7. The lowest BCUT2D eigenvalue weighted by Crippen LogP contribution is -2.69. The number of hydrogen-bond acceptors (Lipinski definition) is 5. The number of carbonyl (C=O) groups is 1. The number of hydroxylamine groups is 2. The molecule has 2 atom stereocenters. The molecule has 1 heterocycles. The van der Waals surface area contributed by atoms with Crippen molar-refractivity contribution in [3.8, 4) is 0 Å². The van der Waals surface area contributed by atoms with Crippen molar-refractivity contribution in [3.05, 3.63) is 35.9 Å². The van der Waals surface area contributed by atoms with Crippen LogP contribution >= 0.6 is 0 Å². The van der Waals surface area contributed by atoms with E-state index >= 15 is 0 Å². The number of fused-ring (bicyclic) bond motifs is 1. The Morgan fingerprint density at radius 2 is 1.79 bits per heavy atom. The van der Waals surface area contributed by atoms with Crippen LogP contribution in [0.3, 0.4) is 0 Å². The third-order valence-corrected chi connectivity index (χ3v) is 3.66. The summed E-state index contributed by atoms with van der Waals surface area (Å²) >= 11 is 0. The predicted octanol–water partition coefficient (Wildman–Crippen LogP) is 3.52. The minimum atomic E-state index is -2.24. The van der Waals surface area contributed by atoms with Gasteiger partial charge < -0.3 is 9.84 Å². The molecule has 1 aromatic carbocycles. The van der Waals surface area contributed by atoms with Crippen LogP contribution < -0.4 is 4.65 Å². The van der Waals surface area contributed by atoms with Crippen LogP contribution in [-0.4, -0.2) is 35.5 Å². The van der Waals surface area contributed by atoms with E-state index in [4.69, 9.17) is 9.47 Å². The molecule has 2 N–H and O–H groups in total. The second kappa shape index (κ2) is 7.03. The van der Waals surface area contributed by atoms with Crippen molar-refractivity contribution in [2.45, 2.75) is 33.6 Å². The highest BCUT2D eigenvalue weighted by molar-refractivity contribution is 5.87. The average Bonchev–Trinajstić information content (AvgIpc) is 2.54. The van der Waals surface area contributed by atoms with Gasteiger partial charge in [0.15, 0.2) is 5.69 Å². The summed E-state index contributed by atoms with van der Waals surface area (Å²) in [5.41, 5.74) is 0.819. The van der Waals surface area contributed by atoms with E-state index in [-0.39, 0.29) is 30.7 Å². The molecule has 0 saturated carbocycles. The zero-order valence-corrected chi connectivity index (χ0v) is 14.6. The first-order valence-electron chi connectivity index (χ1n) is 8.15. The van der Waals surface area contributed by atoms with Crippen molar-refractivity contribution in [2.75, 3.05) is 13.2 Å².